The summed E-state index contributed by atoms with van der Waals surface area (Å²) in [5.74, 6) is 5.17. The molecular weight excluding hydrogens is 264 g/mol. The van der Waals surface area contributed by atoms with Crippen molar-refractivity contribution in [2.75, 3.05) is 13.7 Å². The quantitative estimate of drug-likeness (QED) is 0.871. The number of carbonyl (C=O) groups is 1. The summed E-state index contributed by atoms with van der Waals surface area (Å²) >= 11 is 0. The first-order chi connectivity index (χ1) is 10.2. The number of pyridine rings is 1. The number of carbonyl (C=O) groups excluding carboxylic acids is 1. The maximum atomic E-state index is 12.4. The lowest BCUT2D eigenvalue weighted by Crippen LogP contribution is -2.26. The molecule has 0 radical (unpaired) electrons. The van der Waals surface area contributed by atoms with E-state index in [0.717, 1.165) is 5.56 Å². The van der Waals surface area contributed by atoms with E-state index >= 15 is 0 Å². The standard InChI is InChI=1S/C17H16N2O2/c1-19(13-14-6-3-2-4-7-14)17(21)16-10-15(8-5-9-20)11-18-12-16/h2-4,6-7,10-12,20H,9,13H2,1H3. The second-order valence-corrected chi connectivity index (χ2v) is 4.57. The zero-order chi connectivity index (χ0) is 15.1. The van der Waals surface area contributed by atoms with Crippen molar-refractivity contribution in [1.29, 1.82) is 0 Å². The summed E-state index contributed by atoms with van der Waals surface area (Å²) in [4.78, 5) is 18.0. The van der Waals surface area contributed by atoms with Gasteiger partial charge in [0.25, 0.3) is 5.91 Å². The molecule has 0 saturated heterocycles. The molecule has 2 aromatic rings. The van der Waals surface area contributed by atoms with Gasteiger partial charge in [-0.1, -0.05) is 42.2 Å². The topological polar surface area (TPSA) is 53.4 Å². The molecule has 2 rings (SSSR count). The van der Waals surface area contributed by atoms with Gasteiger partial charge in [-0.3, -0.25) is 9.78 Å². The minimum Gasteiger partial charge on any atom is -0.384 e. The molecule has 0 aliphatic heterocycles. The fourth-order valence-corrected chi connectivity index (χ4v) is 1.92. The van der Waals surface area contributed by atoms with Crippen molar-refractivity contribution in [2.24, 2.45) is 0 Å². The lowest BCUT2D eigenvalue weighted by atomic mass is 10.1. The van der Waals surface area contributed by atoms with E-state index in [0.29, 0.717) is 17.7 Å². The number of aliphatic hydroxyl groups is 1. The van der Waals surface area contributed by atoms with Crippen molar-refractivity contribution in [1.82, 2.24) is 9.88 Å². The highest BCUT2D eigenvalue weighted by molar-refractivity contribution is 5.94. The summed E-state index contributed by atoms with van der Waals surface area (Å²) in [7, 11) is 1.75. The number of aliphatic hydroxyl groups excluding tert-OH is 1. The summed E-state index contributed by atoms with van der Waals surface area (Å²) in [5.41, 5.74) is 2.17. The summed E-state index contributed by atoms with van der Waals surface area (Å²) in [6.45, 7) is 0.318. The van der Waals surface area contributed by atoms with Gasteiger partial charge in [-0.15, -0.1) is 0 Å². The van der Waals surface area contributed by atoms with Crippen molar-refractivity contribution in [3.05, 3.63) is 65.5 Å². The molecule has 0 aliphatic rings. The molecule has 0 unspecified atom stereocenters. The van der Waals surface area contributed by atoms with Crippen LogP contribution < -0.4 is 0 Å². The van der Waals surface area contributed by atoms with Crippen LogP contribution in [0.5, 0.6) is 0 Å². The van der Waals surface area contributed by atoms with Crippen LogP contribution in [0.4, 0.5) is 0 Å². The predicted molar refractivity (Wildman–Crippen MR) is 80.4 cm³/mol. The number of hydrogen-bond acceptors (Lipinski definition) is 3. The fraction of sp³-hybridized carbons (Fsp3) is 0.176. The van der Waals surface area contributed by atoms with Gasteiger partial charge in [0.15, 0.2) is 0 Å². The van der Waals surface area contributed by atoms with Gasteiger partial charge in [0.2, 0.25) is 0 Å². The summed E-state index contributed by atoms with van der Waals surface area (Å²) in [6, 6.07) is 11.5. The van der Waals surface area contributed by atoms with Crippen LogP contribution in [0, 0.1) is 11.8 Å². The third kappa shape index (κ3) is 4.16. The summed E-state index contributed by atoms with van der Waals surface area (Å²) in [6.07, 6.45) is 3.09. The summed E-state index contributed by atoms with van der Waals surface area (Å²) in [5, 5.41) is 8.69. The third-order valence-electron chi connectivity index (χ3n) is 2.91. The van der Waals surface area contributed by atoms with Gasteiger partial charge in [-0.05, 0) is 11.6 Å². The molecule has 1 amide bonds. The van der Waals surface area contributed by atoms with E-state index in [1.54, 1.807) is 24.2 Å². The van der Waals surface area contributed by atoms with Gasteiger partial charge >= 0.3 is 0 Å². The molecule has 106 valence electrons. The number of aromatic nitrogens is 1. The first kappa shape index (κ1) is 14.8. The Balaban J connectivity index is 2.12. The molecule has 0 saturated carbocycles. The molecule has 0 spiro atoms. The zero-order valence-electron chi connectivity index (χ0n) is 11.8. The Bertz CT molecular complexity index is 672. The smallest absolute Gasteiger partial charge is 0.255 e. The highest BCUT2D eigenvalue weighted by atomic mass is 16.2. The van der Waals surface area contributed by atoms with Crippen molar-refractivity contribution in [3.8, 4) is 11.8 Å². The molecule has 21 heavy (non-hydrogen) atoms. The van der Waals surface area contributed by atoms with Crippen LogP contribution in [0.3, 0.4) is 0 Å². The van der Waals surface area contributed by atoms with E-state index < -0.39 is 0 Å². The Kier molecular flexibility index (Phi) is 5.08. The number of rotatable bonds is 3. The van der Waals surface area contributed by atoms with Gasteiger partial charge in [0, 0.05) is 31.5 Å². The molecule has 0 fully saturated rings. The number of amides is 1. The van der Waals surface area contributed by atoms with Crippen molar-refractivity contribution in [2.45, 2.75) is 6.54 Å². The van der Waals surface area contributed by atoms with Gasteiger partial charge in [0.05, 0.1) is 5.56 Å². The van der Waals surface area contributed by atoms with Crippen LogP contribution in [0.1, 0.15) is 21.5 Å². The lowest BCUT2D eigenvalue weighted by molar-refractivity contribution is 0.0784. The minimum absolute atomic E-state index is 0.112. The summed E-state index contributed by atoms with van der Waals surface area (Å²) < 4.78 is 0. The molecule has 4 heteroatoms. The molecule has 0 bridgehead atoms. The molecule has 1 aromatic heterocycles. The predicted octanol–water partition coefficient (Wildman–Crippen LogP) is 1.70. The first-order valence-corrected chi connectivity index (χ1v) is 6.55. The van der Waals surface area contributed by atoms with Gasteiger partial charge < -0.3 is 10.0 Å². The molecule has 1 N–H and O–H groups in total. The maximum Gasteiger partial charge on any atom is 0.255 e. The monoisotopic (exact) mass is 280 g/mol. The van der Waals surface area contributed by atoms with Crippen molar-refractivity contribution < 1.29 is 9.90 Å². The fourth-order valence-electron chi connectivity index (χ4n) is 1.92. The molecule has 4 nitrogen and oxygen atoms in total. The van der Waals surface area contributed by atoms with E-state index in [1.807, 2.05) is 30.3 Å². The van der Waals surface area contributed by atoms with Crippen LogP contribution in [0.25, 0.3) is 0 Å². The van der Waals surface area contributed by atoms with E-state index in [1.165, 1.54) is 6.20 Å². The Labute approximate surface area is 124 Å². The molecule has 1 heterocycles. The second-order valence-electron chi connectivity index (χ2n) is 4.57. The van der Waals surface area contributed by atoms with Crippen LogP contribution in [-0.4, -0.2) is 34.6 Å². The van der Waals surface area contributed by atoms with E-state index in [-0.39, 0.29) is 12.5 Å². The van der Waals surface area contributed by atoms with E-state index in [9.17, 15) is 4.79 Å². The normalized spacial score (nSPS) is 9.62. The third-order valence-corrected chi connectivity index (χ3v) is 2.91. The van der Waals surface area contributed by atoms with Crippen molar-refractivity contribution in [3.63, 3.8) is 0 Å². The Morgan fingerprint density at radius 1 is 1.29 bits per heavy atom. The second kappa shape index (κ2) is 7.22. The maximum absolute atomic E-state index is 12.4. The average molecular weight is 280 g/mol. The Hall–Kier alpha value is -2.64. The van der Waals surface area contributed by atoms with Crippen LogP contribution >= 0.6 is 0 Å². The highest BCUT2D eigenvalue weighted by Crippen LogP contribution is 2.09. The zero-order valence-corrected chi connectivity index (χ0v) is 11.8. The molecular formula is C17H16N2O2. The molecule has 0 atom stereocenters. The van der Waals surface area contributed by atoms with E-state index in [4.69, 9.17) is 5.11 Å². The minimum atomic E-state index is -0.216. The highest BCUT2D eigenvalue weighted by Gasteiger charge is 2.12. The van der Waals surface area contributed by atoms with Crippen LogP contribution in [0.15, 0.2) is 48.8 Å². The van der Waals surface area contributed by atoms with Gasteiger partial charge in [-0.2, -0.15) is 0 Å². The van der Waals surface area contributed by atoms with Crippen molar-refractivity contribution >= 4 is 5.91 Å². The molecule has 0 aliphatic carbocycles. The van der Waals surface area contributed by atoms with Gasteiger partial charge in [-0.25, -0.2) is 0 Å². The lowest BCUT2D eigenvalue weighted by Gasteiger charge is -2.17. The molecule has 1 aromatic carbocycles. The van der Waals surface area contributed by atoms with Crippen LogP contribution in [-0.2, 0) is 6.54 Å². The Morgan fingerprint density at radius 2 is 2.05 bits per heavy atom. The number of nitrogens with zero attached hydrogens (tertiary/aromatic N) is 2. The number of hydrogen-bond donors (Lipinski definition) is 1. The van der Waals surface area contributed by atoms with E-state index in [2.05, 4.69) is 16.8 Å². The number of benzene rings is 1. The average Bonchev–Trinajstić information content (AvgIpc) is 2.53. The van der Waals surface area contributed by atoms with Gasteiger partial charge in [0.1, 0.15) is 6.61 Å². The van der Waals surface area contributed by atoms with Crippen LogP contribution in [0.2, 0.25) is 0 Å². The Morgan fingerprint density at radius 3 is 2.76 bits per heavy atom. The first-order valence-electron chi connectivity index (χ1n) is 6.55. The SMILES string of the molecule is CN(Cc1ccccc1)C(=O)c1cncc(C#CCO)c1. The largest absolute Gasteiger partial charge is 0.384 e.